The van der Waals surface area contributed by atoms with E-state index < -0.39 is 23.4 Å². The van der Waals surface area contributed by atoms with Crippen LogP contribution in [0.3, 0.4) is 0 Å². The topological polar surface area (TPSA) is 81.7 Å². The Morgan fingerprint density at radius 2 is 1.81 bits per heavy atom. The predicted molar refractivity (Wildman–Crippen MR) is 118 cm³/mol. The SMILES string of the molecule is CCOC(=O)c1c(-c2ccccc2)csc1NC(=O)C1(C)Cc2ccccc2C(=O)O1. The summed E-state index contributed by atoms with van der Waals surface area (Å²) in [6.45, 7) is 3.51. The van der Waals surface area contributed by atoms with E-state index in [9.17, 15) is 14.4 Å². The van der Waals surface area contributed by atoms with Crippen LogP contribution in [-0.2, 0) is 20.7 Å². The van der Waals surface area contributed by atoms with Crippen LogP contribution < -0.4 is 5.32 Å². The van der Waals surface area contributed by atoms with Crippen molar-refractivity contribution in [3.05, 3.63) is 76.7 Å². The van der Waals surface area contributed by atoms with Crippen LogP contribution in [0.4, 0.5) is 5.00 Å². The van der Waals surface area contributed by atoms with Gasteiger partial charge in [-0.25, -0.2) is 9.59 Å². The van der Waals surface area contributed by atoms with Crippen molar-refractivity contribution in [3.63, 3.8) is 0 Å². The minimum atomic E-state index is -1.39. The third-order valence-electron chi connectivity index (χ3n) is 5.15. The standard InChI is InChI=1S/C24H21NO5S/c1-3-29-22(27)19-18(15-9-5-4-6-10-15)14-31-20(19)25-23(28)24(2)13-16-11-7-8-12-17(16)21(26)30-24/h4-12,14H,3,13H2,1-2H3,(H,25,28). The second kappa shape index (κ2) is 8.35. The number of esters is 2. The molecule has 0 aliphatic carbocycles. The van der Waals surface area contributed by atoms with Crippen molar-refractivity contribution in [2.75, 3.05) is 11.9 Å². The number of anilines is 1. The fourth-order valence-corrected chi connectivity index (χ4v) is 4.53. The average molecular weight is 436 g/mol. The van der Waals surface area contributed by atoms with Gasteiger partial charge in [-0.3, -0.25) is 4.79 Å². The summed E-state index contributed by atoms with van der Waals surface area (Å²) in [6, 6.07) is 16.5. The van der Waals surface area contributed by atoms with Crippen LogP contribution in [-0.4, -0.2) is 30.1 Å². The summed E-state index contributed by atoms with van der Waals surface area (Å²) in [5, 5.41) is 4.97. The molecule has 1 unspecified atom stereocenters. The van der Waals surface area contributed by atoms with E-state index in [-0.39, 0.29) is 18.6 Å². The van der Waals surface area contributed by atoms with Crippen molar-refractivity contribution >= 4 is 34.2 Å². The molecule has 0 radical (unpaired) electrons. The van der Waals surface area contributed by atoms with E-state index >= 15 is 0 Å². The van der Waals surface area contributed by atoms with Crippen LogP contribution in [0.5, 0.6) is 0 Å². The van der Waals surface area contributed by atoms with Crippen molar-refractivity contribution in [2.45, 2.75) is 25.9 Å². The molecule has 1 atom stereocenters. The summed E-state index contributed by atoms with van der Waals surface area (Å²) in [7, 11) is 0. The van der Waals surface area contributed by atoms with E-state index in [0.717, 1.165) is 11.1 Å². The smallest absolute Gasteiger partial charge is 0.341 e. The van der Waals surface area contributed by atoms with Crippen LogP contribution in [0.1, 0.15) is 40.1 Å². The lowest BCUT2D eigenvalue weighted by molar-refractivity contribution is -0.134. The van der Waals surface area contributed by atoms with E-state index in [1.165, 1.54) is 11.3 Å². The molecule has 1 aliphatic heterocycles. The molecule has 1 aliphatic rings. The number of cyclic esters (lactones) is 1. The van der Waals surface area contributed by atoms with Crippen molar-refractivity contribution in [3.8, 4) is 11.1 Å². The summed E-state index contributed by atoms with van der Waals surface area (Å²) < 4.78 is 10.7. The molecule has 6 nitrogen and oxygen atoms in total. The third kappa shape index (κ3) is 3.96. The quantitative estimate of drug-likeness (QED) is 0.588. The maximum atomic E-state index is 13.2. The molecule has 0 spiro atoms. The lowest BCUT2D eigenvalue weighted by Crippen LogP contribution is -2.48. The van der Waals surface area contributed by atoms with Gasteiger partial charge in [-0.1, -0.05) is 48.5 Å². The van der Waals surface area contributed by atoms with Gasteiger partial charge in [0.25, 0.3) is 5.91 Å². The Bertz CT molecular complexity index is 1150. The summed E-state index contributed by atoms with van der Waals surface area (Å²) in [5.74, 6) is -1.56. The molecule has 0 bridgehead atoms. The van der Waals surface area contributed by atoms with Crippen molar-refractivity contribution in [2.24, 2.45) is 0 Å². The minimum Gasteiger partial charge on any atom is -0.462 e. The number of rotatable bonds is 5. The van der Waals surface area contributed by atoms with Crippen LogP contribution >= 0.6 is 11.3 Å². The first kappa shape index (κ1) is 20.8. The third-order valence-corrected chi connectivity index (χ3v) is 6.04. The molecule has 1 aromatic heterocycles. The van der Waals surface area contributed by atoms with E-state index in [1.807, 2.05) is 47.8 Å². The molecule has 0 fully saturated rings. The van der Waals surface area contributed by atoms with Crippen molar-refractivity contribution in [1.82, 2.24) is 0 Å². The van der Waals surface area contributed by atoms with Gasteiger partial charge < -0.3 is 14.8 Å². The number of carbonyl (C=O) groups is 3. The average Bonchev–Trinajstić information content (AvgIpc) is 3.18. The Morgan fingerprint density at radius 1 is 1.10 bits per heavy atom. The van der Waals surface area contributed by atoms with Crippen LogP contribution in [0.2, 0.25) is 0 Å². The second-order valence-electron chi connectivity index (χ2n) is 7.35. The lowest BCUT2D eigenvalue weighted by Gasteiger charge is -2.32. The Kier molecular flexibility index (Phi) is 5.61. The Morgan fingerprint density at radius 3 is 2.55 bits per heavy atom. The number of amides is 1. The number of hydrogen-bond acceptors (Lipinski definition) is 6. The summed E-state index contributed by atoms with van der Waals surface area (Å²) >= 11 is 1.23. The van der Waals surface area contributed by atoms with Gasteiger partial charge in [0.05, 0.1) is 12.2 Å². The summed E-state index contributed by atoms with van der Waals surface area (Å²) in [5.41, 5.74) is 1.62. The first-order valence-corrected chi connectivity index (χ1v) is 10.8. The number of ether oxygens (including phenoxy) is 2. The van der Waals surface area contributed by atoms with Crippen molar-refractivity contribution < 1.29 is 23.9 Å². The Hall–Kier alpha value is -3.45. The summed E-state index contributed by atoms with van der Waals surface area (Å²) in [4.78, 5) is 38.3. The molecular formula is C24H21NO5S. The van der Waals surface area contributed by atoms with Crippen LogP contribution in [0.25, 0.3) is 11.1 Å². The van der Waals surface area contributed by atoms with E-state index in [0.29, 0.717) is 16.1 Å². The predicted octanol–water partition coefficient (Wildman–Crippen LogP) is 4.70. The number of hydrogen-bond donors (Lipinski definition) is 1. The number of fused-ring (bicyclic) bond motifs is 1. The van der Waals surface area contributed by atoms with Gasteiger partial charge in [0.15, 0.2) is 5.60 Å². The molecule has 4 rings (SSSR count). The molecule has 31 heavy (non-hydrogen) atoms. The normalized spacial score (nSPS) is 17.4. The second-order valence-corrected chi connectivity index (χ2v) is 8.23. The van der Waals surface area contributed by atoms with Gasteiger partial charge in [0.1, 0.15) is 10.6 Å². The van der Waals surface area contributed by atoms with E-state index in [4.69, 9.17) is 9.47 Å². The molecule has 2 aromatic carbocycles. The molecule has 7 heteroatoms. The maximum absolute atomic E-state index is 13.2. The van der Waals surface area contributed by atoms with Crippen LogP contribution in [0.15, 0.2) is 60.0 Å². The molecule has 1 amide bonds. The molecule has 0 saturated heterocycles. The van der Waals surface area contributed by atoms with Gasteiger partial charge in [0, 0.05) is 17.4 Å². The molecule has 1 N–H and O–H groups in total. The zero-order valence-corrected chi connectivity index (χ0v) is 18.0. The molecule has 2 heterocycles. The highest BCUT2D eigenvalue weighted by atomic mass is 32.1. The highest BCUT2D eigenvalue weighted by Gasteiger charge is 2.43. The fraction of sp³-hybridized carbons (Fsp3) is 0.208. The largest absolute Gasteiger partial charge is 0.462 e. The van der Waals surface area contributed by atoms with Gasteiger partial charge >= 0.3 is 11.9 Å². The van der Waals surface area contributed by atoms with E-state index in [1.54, 1.807) is 26.0 Å². The van der Waals surface area contributed by atoms with E-state index in [2.05, 4.69) is 5.32 Å². The number of thiophene rings is 1. The summed E-state index contributed by atoms with van der Waals surface area (Å²) in [6.07, 6.45) is 0.242. The first-order valence-electron chi connectivity index (χ1n) is 9.89. The number of benzene rings is 2. The van der Waals surface area contributed by atoms with Gasteiger partial charge in [-0.05, 0) is 31.0 Å². The van der Waals surface area contributed by atoms with Crippen LogP contribution in [0, 0.1) is 0 Å². The van der Waals surface area contributed by atoms with Gasteiger partial charge in [0.2, 0.25) is 0 Å². The molecule has 3 aromatic rings. The van der Waals surface area contributed by atoms with Crippen molar-refractivity contribution in [1.29, 1.82) is 0 Å². The van der Waals surface area contributed by atoms with Gasteiger partial charge in [-0.15, -0.1) is 11.3 Å². The zero-order chi connectivity index (χ0) is 22.0. The minimum absolute atomic E-state index is 0.211. The first-order chi connectivity index (χ1) is 14.9. The highest BCUT2D eigenvalue weighted by molar-refractivity contribution is 7.15. The fourth-order valence-electron chi connectivity index (χ4n) is 3.58. The number of carbonyl (C=O) groups excluding carboxylic acids is 3. The maximum Gasteiger partial charge on any atom is 0.341 e. The Labute approximate surface area is 183 Å². The Balaban J connectivity index is 1.66. The highest BCUT2D eigenvalue weighted by Crippen LogP contribution is 2.37. The number of nitrogens with one attached hydrogen (secondary N) is 1. The lowest BCUT2D eigenvalue weighted by atomic mass is 9.89. The molecular weight excluding hydrogens is 414 g/mol. The van der Waals surface area contributed by atoms with Gasteiger partial charge in [-0.2, -0.15) is 0 Å². The molecule has 158 valence electrons. The molecule has 0 saturated carbocycles. The zero-order valence-electron chi connectivity index (χ0n) is 17.1. The monoisotopic (exact) mass is 435 g/mol.